The van der Waals surface area contributed by atoms with Crippen LogP contribution in [0.3, 0.4) is 0 Å². The van der Waals surface area contributed by atoms with Crippen LogP contribution in [0.4, 0.5) is 0 Å². The third-order valence-electron chi connectivity index (χ3n) is 4.12. The number of benzene rings is 2. The van der Waals surface area contributed by atoms with Gasteiger partial charge in [-0.15, -0.1) is 0 Å². The zero-order chi connectivity index (χ0) is 21.7. The number of hydrogen-bond acceptors (Lipinski definition) is 6. The minimum absolute atomic E-state index is 0.360. The van der Waals surface area contributed by atoms with Gasteiger partial charge in [0.25, 0.3) is 11.8 Å². The van der Waals surface area contributed by atoms with Crippen LogP contribution in [0.2, 0.25) is 0 Å². The van der Waals surface area contributed by atoms with E-state index in [2.05, 4.69) is 36.9 Å². The van der Waals surface area contributed by atoms with Gasteiger partial charge in [-0.05, 0) is 82.1 Å². The summed E-state index contributed by atoms with van der Waals surface area (Å²) in [6.07, 6.45) is 0. The molecule has 1 heterocycles. The van der Waals surface area contributed by atoms with E-state index in [0.717, 1.165) is 10.7 Å². The van der Waals surface area contributed by atoms with E-state index < -0.39 is 11.8 Å². The van der Waals surface area contributed by atoms with Gasteiger partial charge in [0, 0.05) is 16.9 Å². The molecule has 0 spiro atoms. The second-order valence-electron chi connectivity index (χ2n) is 6.11. The van der Waals surface area contributed by atoms with Gasteiger partial charge in [0.2, 0.25) is 0 Å². The first-order chi connectivity index (χ1) is 14.5. The van der Waals surface area contributed by atoms with Crippen LogP contribution in [0.15, 0.2) is 50.3 Å². The van der Waals surface area contributed by atoms with E-state index in [1.807, 2.05) is 13.8 Å². The molecule has 0 N–H and O–H groups in total. The number of halogens is 2. The number of ether oxygens (including phenoxy) is 2. The summed E-state index contributed by atoms with van der Waals surface area (Å²) in [5.74, 6) is 1.11. The Kier molecular flexibility index (Phi) is 7.96. The smallest absolute Gasteiger partial charge is 0.267 e. The number of rotatable bonds is 6. The van der Waals surface area contributed by atoms with E-state index >= 15 is 0 Å². The highest BCUT2D eigenvalue weighted by Gasteiger charge is 2.31. The van der Waals surface area contributed by atoms with Crippen molar-refractivity contribution >= 4 is 60.6 Å². The Morgan fingerprint density at radius 1 is 0.967 bits per heavy atom. The number of amides is 2. The van der Waals surface area contributed by atoms with Gasteiger partial charge >= 0.3 is 0 Å². The molecule has 0 atom stereocenters. The lowest BCUT2D eigenvalue weighted by Gasteiger charge is -2.21. The van der Waals surface area contributed by atoms with Crippen molar-refractivity contribution in [3.8, 4) is 11.5 Å². The maximum Gasteiger partial charge on any atom is 0.267 e. The third-order valence-corrected chi connectivity index (χ3v) is 6.32. The first kappa shape index (κ1) is 22.8. The lowest BCUT2D eigenvalue weighted by atomic mass is 10.1. The van der Waals surface area contributed by atoms with Gasteiger partial charge in [-0.25, -0.2) is 4.90 Å². The predicted molar refractivity (Wildman–Crippen MR) is 126 cm³/mol. The van der Waals surface area contributed by atoms with Crippen LogP contribution in [0.1, 0.15) is 34.6 Å². The topological polar surface area (TPSA) is 68.2 Å². The van der Waals surface area contributed by atoms with E-state index in [4.69, 9.17) is 9.47 Å². The second-order valence-corrected chi connectivity index (χ2v) is 8.89. The van der Waals surface area contributed by atoms with Crippen LogP contribution in [0.5, 0.6) is 11.5 Å². The Balaban J connectivity index is 1.95. The molecule has 0 saturated heterocycles. The SMILES string of the molecule is CCOc1ccc(C(=O)N(C(=O)c2ccc(OCC)c(Br)c2)C2=NCCS2)cc1Br. The van der Waals surface area contributed by atoms with Crippen molar-refractivity contribution in [3.05, 3.63) is 56.5 Å². The molecule has 0 unspecified atom stereocenters. The maximum atomic E-state index is 13.3. The Labute approximate surface area is 196 Å². The fourth-order valence-electron chi connectivity index (χ4n) is 2.80. The Hall–Kier alpha value is -1.84. The average molecular weight is 556 g/mol. The first-order valence-corrected chi connectivity index (χ1v) is 11.9. The van der Waals surface area contributed by atoms with Gasteiger partial charge in [-0.2, -0.15) is 0 Å². The number of aliphatic imine (C=N–C) groups is 1. The fourth-order valence-corrected chi connectivity index (χ4v) is 4.63. The van der Waals surface area contributed by atoms with Crippen LogP contribution < -0.4 is 9.47 Å². The average Bonchev–Trinajstić information content (AvgIpc) is 3.25. The number of amidine groups is 1. The molecule has 1 aliphatic rings. The molecule has 9 heteroatoms. The Bertz CT molecular complexity index is 929. The van der Waals surface area contributed by atoms with Gasteiger partial charge in [0.1, 0.15) is 11.5 Å². The highest BCUT2D eigenvalue weighted by molar-refractivity contribution is 9.10. The minimum atomic E-state index is -0.443. The molecule has 0 bridgehead atoms. The molecule has 2 aromatic carbocycles. The van der Waals surface area contributed by atoms with Crippen molar-refractivity contribution in [1.82, 2.24) is 4.90 Å². The molecule has 2 amide bonds. The van der Waals surface area contributed by atoms with Crippen LogP contribution in [0, 0.1) is 0 Å². The van der Waals surface area contributed by atoms with Crippen molar-refractivity contribution in [3.63, 3.8) is 0 Å². The lowest BCUT2D eigenvalue weighted by Crippen LogP contribution is -2.40. The largest absolute Gasteiger partial charge is 0.493 e. The maximum absolute atomic E-state index is 13.3. The molecule has 2 aromatic rings. The normalized spacial score (nSPS) is 13.0. The predicted octanol–water partition coefficient (Wildman–Crippen LogP) is 5.39. The van der Waals surface area contributed by atoms with Crippen molar-refractivity contribution in [1.29, 1.82) is 0 Å². The monoisotopic (exact) mass is 554 g/mol. The van der Waals surface area contributed by atoms with Crippen LogP contribution in [0.25, 0.3) is 0 Å². The van der Waals surface area contributed by atoms with Crippen LogP contribution in [-0.4, -0.2) is 47.4 Å². The molecule has 6 nitrogen and oxygen atoms in total. The van der Waals surface area contributed by atoms with Gasteiger partial charge in [-0.1, -0.05) is 11.8 Å². The summed E-state index contributed by atoms with van der Waals surface area (Å²) in [5, 5.41) is 0.403. The zero-order valence-corrected chi connectivity index (χ0v) is 20.5. The summed E-state index contributed by atoms with van der Waals surface area (Å²) in [4.78, 5) is 32.2. The molecule has 0 aliphatic carbocycles. The number of hydrogen-bond donors (Lipinski definition) is 0. The van der Waals surface area contributed by atoms with Gasteiger partial charge < -0.3 is 9.47 Å². The second kappa shape index (κ2) is 10.5. The van der Waals surface area contributed by atoms with Crippen molar-refractivity contribution in [2.45, 2.75) is 13.8 Å². The van der Waals surface area contributed by atoms with E-state index in [1.54, 1.807) is 36.4 Å². The van der Waals surface area contributed by atoms with E-state index in [0.29, 0.717) is 56.5 Å². The molecule has 0 saturated carbocycles. The zero-order valence-electron chi connectivity index (χ0n) is 16.5. The summed E-state index contributed by atoms with van der Waals surface area (Å²) in [6, 6.07) is 10.0. The van der Waals surface area contributed by atoms with Gasteiger partial charge in [0.15, 0.2) is 5.17 Å². The molecule has 30 heavy (non-hydrogen) atoms. The molecule has 3 rings (SSSR count). The fraction of sp³-hybridized carbons (Fsp3) is 0.286. The molecule has 1 aliphatic heterocycles. The van der Waals surface area contributed by atoms with Crippen molar-refractivity contribution < 1.29 is 19.1 Å². The van der Waals surface area contributed by atoms with Crippen molar-refractivity contribution in [2.24, 2.45) is 4.99 Å². The van der Waals surface area contributed by atoms with Crippen LogP contribution >= 0.6 is 43.6 Å². The van der Waals surface area contributed by atoms with Gasteiger partial charge in [-0.3, -0.25) is 14.6 Å². The minimum Gasteiger partial charge on any atom is -0.493 e. The Morgan fingerprint density at radius 3 is 1.83 bits per heavy atom. The lowest BCUT2D eigenvalue weighted by molar-refractivity contribution is 0.0717. The summed E-state index contributed by atoms with van der Waals surface area (Å²) in [7, 11) is 0. The number of nitrogens with zero attached hydrogens (tertiary/aromatic N) is 2. The molecular formula is C21H20Br2N2O4S. The summed E-state index contributed by atoms with van der Waals surface area (Å²) in [6.45, 7) is 5.36. The molecule has 0 fully saturated rings. The standard InChI is InChI=1S/C21H20Br2N2O4S/c1-3-28-17-7-5-13(11-15(17)22)19(26)25(21-24-9-10-30-21)20(27)14-6-8-18(29-4-2)16(23)12-14/h5-8,11-12H,3-4,9-10H2,1-2H3. The quantitative estimate of drug-likeness (QED) is 0.447. The van der Waals surface area contributed by atoms with E-state index in [9.17, 15) is 9.59 Å². The first-order valence-electron chi connectivity index (χ1n) is 9.37. The summed E-state index contributed by atoms with van der Waals surface area (Å²) < 4.78 is 12.3. The van der Waals surface area contributed by atoms with Crippen molar-refractivity contribution in [2.75, 3.05) is 25.5 Å². The third kappa shape index (κ3) is 5.07. The Morgan fingerprint density at radius 2 is 1.47 bits per heavy atom. The number of carbonyl (C=O) groups is 2. The number of imide groups is 1. The highest BCUT2D eigenvalue weighted by atomic mass is 79.9. The molecule has 158 valence electrons. The summed E-state index contributed by atoms with van der Waals surface area (Å²) >= 11 is 8.24. The van der Waals surface area contributed by atoms with Gasteiger partial charge in [0.05, 0.1) is 28.7 Å². The highest BCUT2D eigenvalue weighted by Crippen LogP contribution is 2.30. The van der Waals surface area contributed by atoms with Crippen LogP contribution in [-0.2, 0) is 0 Å². The van der Waals surface area contributed by atoms with E-state index in [-0.39, 0.29) is 0 Å². The number of thioether (sulfide) groups is 1. The molecule has 0 aromatic heterocycles. The molecular weight excluding hydrogens is 536 g/mol. The van der Waals surface area contributed by atoms with E-state index in [1.165, 1.54) is 11.8 Å². The number of carbonyl (C=O) groups excluding carboxylic acids is 2. The molecule has 0 radical (unpaired) electrons. The summed E-state index contributed by atoms with van der Waals surface area (Å²) in [5.41, 5.74) is 0.720.